The number of aromatic nitrogens is 2. The van der Waals surface area contributed by atoms with Crippen molar-refractivity contribution < 1.29 is 45.0 Å². The Hall–Kier alpha value is -7.18. The molecule has 1 spiro atoms. The third-order valence-electron chi connectivity index (χ3n) is 21.1. The summed E-state index contributed by atoms with van der Waals surface area (Å²) in [4.78, 5) is 38.9. The van der Waals surface area contributed by atoms with E-state index in [1.165, 1.54) is 0 Å². The Morgan fingerprint density at radius 1 is 0.753 bits per heavy atom. The van der Waals surface area contributed by atoms with Gasteiger partial charge >= 0.3 is 0 Å². The number of fused-ring (bicyclic) bond motifs is 10. The van der Waals surface area contributed by atoms with Crippen molar-refractivity contribution in [3.63, 3.8) is 0 Å². The van der Waals surface area contributed by atoms with Gasteiger partial charge in [-0.25, -0.2) is 0 Å². The number of phenolic OH excluding ortho intramolecular Hbond substituents is 2. The third kappa shape index (κ3) is 10.2. The molecule has 10 unspecified atom stereocenters. The third-order valence-corrected chi connectivity index (χ3v) is 21.1. The maximum absolute atomic E-state index is 16.5. The van der Waals surface area contributed by atoms with Crippen LogP contribution in [0, 0.1) is 35.5 Å². The number of aryl methyl sites for hydroxylation is 2. The van der Waals surface area contributed by atoms with E-state index in [-0.39, 0.29) is 78.1 Å². The number of Topliss-reactive ketones (excluding diaryl/α,β-unsaturated/α-hetero) is 2. The van der Waals surface area contributed by atoms with Crippen LogP contribution in [-0.2, 0) is 40.7 Å². The van der Waals surface area contributed by atoms with Gasteiger partial charge in [0.1, 0.15) is 29.5 Å². The first kappa shape index (κ1) is 55.7. The minimum atomic E-state index is -1.48. The largest absolute Gasteiger partial charge is 0.507 e. The molecule has 5 aliphatic carbocycles. The van der Waals surface area contributed by atoms with E-state index in [4.69, 9.17) is 4.74 Å². The highest BCUT2D eigenvalue weighted by molar-refractivity contribution is 6.05. The number of rotatable bonds is 6. The minimum absolute atomic E-state index is 0.0785. The van der Waals surface area contributed by atoms with Crippen LogP contribution in [0.4, 0.5) is 5.82 Å². The molecule has 13 nitrogen and oxygen atoms in total. The van der Waals surface area contributed by atoms with Gasteiger partial charge in [0, 0.05) is 72.0 Å². The second-order valence-corrected chi connectivity index (χ2v) is 26.1. The summed E-state index contributed by atoms with van der Waals surface area (Å²) < 4.78 is 6.69. The summed E-state index contributed by atoms with van der Waals surface area (Å²) in [5, 5.41) is 82.8. The molecule has 0 radical (unpaired) electrons. The van der Waals surface area contributed by atoms with Crippen LogP contribution in [0.1, 0.15) is 163 Å². The number of phenols is 2. The van der Waals surface area contributed by atoms with Crippen molar-refractivity contribution in [3.8, 4) is 40.2 Å². The highest BCUT2D eigenvalue weighted by Gasteiger charge is 2.51. The number of anilines is 1. The van der Waals surface area contributed by atoms with Gasteiger partial charge in [-0.2, -0.15) is 0 Å². The van der Waals surface area contributed by atoms with Gasteiger partial charge in [-0.3, -0.25) is 9.59 Å². The molecule has 2 saturated carbocycles. The van der Waals surface area contributed by atoms with E-state index < -0.39 is 59.5 Å². The lowest BCUT2D eigenvalue weighted by Gasteiger charge is -2.43. The first-order chi connectivity index (χ1) is 41.3. The first-order valence-corrected chi connectivity index (χ1v) is 31.4. The number of nitrogens with one attached hydrogen (secondary N) is 4. The second-order valence-electron chi connectivity index (χ2n) is 26.1. The highest BCUT2D eigenvalue weighted by atomic mass is 16.5. The molecular formula is C72H78N4O9. The van der Waals surface area contributed by atoms with Crippen LogP contribution in [0.3, 0.4) is 0 Å². The lowest BCUT2D eigenvalue weighted by atomic mass is 9.64. The Balaban J connectivity index is 1.02. The lowest BCUT2D eigenvalue weighted by molar-refractivity contribution is -0.135. The molecule has 15 rings (SSSR count). The highest BCUT2D eigenvalue weighted by Crippen LogP contribution is 2.54. The van der Waals surface area contributed by atoms with Gasteiger partial charge in [0.2, 0.25) is 0 Å². The maximum Gasteiger partial charge on any atom is 0.163 e. The number of piperidine rings is 1. The molecule has 85 heavy (non-hydrogen) atoms. The van der Waals surface area contributed by atoms with Crippen LogP contribution < -0.4 is 15.4 Å². The minimum Gasteiger partial charge on any atom is -0.507 e. The number of aromatic hydroxyl groups is 2. The standard InChI is InChI=1S/C72H78N4O9/c77-31-24-52-63(79)19-15-41-33-56(67(81)64(34-41)85-47-10-2-3-11-47)66(80)54-36-46-35-45-22-29-74-70(45)76-60(55-38-61-50(23-30-73-61)57(65(55)68(52)82)39-71(84)27-20-43-9-7-13-62(78)49(43)21-28-71)18-16-51-59-17-14-42(40-75-59)32-44-8-1-4-12-48(44)53(54)37-58(46)72(69(51)83)25-5-6-26-72/h1,4,7-9,12-13,21-23,28-30,33-34,36-38,42,47,51-52,57,59-60,65-66,69,73-78,80-81,83-84H,2-3,5-6,10-11,14-15,17,19-20,24-27,31-32,35,39-40H2. The van der Waals surface area contributed by atoms with Crippen LogP contribution >= 0.6 is 0 Å². The quantitative estimate of drug-likeness (QED) is 0.0559. The summed E-state index contributed by atoms with van der Waals surface area (Å²) in [7, 11) is 0. The van der Waals surface area contributed by atoms with Crippen LogP contribution in [0.15, 0.2) is 103 Å². The number of carbonyl (C=O) groups excluding carboxylic acids is 2. The summed E-state index contributed by atoms with van der Waals surface area (Å²) >= 11 is 0. The van der Waals surface area contributed by atoms with E-state index in [1.54, 1.807) is 36.4 Å². The van der Waals surface area contributed by atoms with E-state index in [9.17, 15) is 30.6 Å². The zero-order valence-electron chi connectivity index (χ0n) is 48.2. The first-order valence-electron chi connectivity index (χ1n) is 31.4. The normalized spacial score (nSPS) is 28.7. The fraction of sp³-hybridized carbons (Fsp3) is 0.444. The van der Waals surface area contributed by atoms with E-state index in [0.29, 0.717) is 66.7 Å². The van der Waals surface area contributed by atoms with Crippen LogP contribution in [0.25, 0.3) is 23.3 Å². The average molecular weight is 1140 g/mol. The zero-order valence-corrected chi connectivity index (χ0v) is 48.2. The Morgan fingerprint density at radius 3 is 2.40 bits per heavy atom. The van der Waals surface area contributed by atoms with Crippen molar-refractivity contribution in [2.75, 3.05) is 18.5 Å². The SMILES string of the molecule is O=C1CCc2cc(OC3CCCC3)c(O)c(c2)C(O)c2cc3c4cc2-c2ccccc2CC2CCC(NC2)C(C#CC(Nc2[nH]ccc2C3)C2=Cc3[nH]ccc3C(CC3(O)C=Cc5c(O)cccc5CC3)C2C(=O)C1CCO)C(O)C41CCCC1. The number of ketones is 2. The van der Waals surface area contributed by atoms with E-state index in [1.807, 2.05) is 36.7 Å². The van der Waals surface area contributed by atoms with Crippen LogP contribution in [0.2, 0.25) is 0 Å². The molecule has 0 amide bonds. The molecule has 10 N–H and O–H groups in total. The molecule has 10 atom stereocenters. The van der Waals surface area contributed by atoms with Crippen LogP contribution in [0.5, 0.6) is 17.2 Å². The summed E-state index contributed by atoms with van der Waals surface area (Å²) in [6.45, 7) is 0.266. The van der Waals surface area contributed by atoms with Crippen molar-refractivity contribution in [1.29, 1.82) is 0 Å². The number of aromatic amines is 2. The van der Waals surface area contributed by atoms with E-state index in [0.717, 1.165) is 108 Å². The summed E-state index contributed by atoms with van der Waals surface area (Å²) in [6.07, 6.45) is 17.2. The van der Waals surface area contributed by atoms with E-state index in [2.05, 4.69) is 68.8 Å². The van der Waals surface area contributed by atoms with Gasteiger partial charge in [-0.15, -0.1) is 0 Å². The number of benzene rings is 4. The van der Waals surface area contributed by atoms with Crippen molar-refractivity contribution in [2.24, 2.45) is 23.7 Å². The number of aliphatic hydroxyl groups excluding tert-OH is 3. The molecule has 10 bridgehead atoms. The van der Waals surface area contributed by atoms with Crippen molar-refractivity contribution in [3.05, 3.63) is 164 Å². The number of carbonyl (C=O) groups is 2. The fourth-order valence-electron chi connectivity index (χ4n) is 16.6. The molecule has 9 aliphatic rings. The zero-order chi connectivity index (χ0) is 58.1. The summed E-state index contributed by atoms with van der Waals surface area (Å²) in [5.41, 5.74) is 8.77. The predicted octanol–water partition coefficient (Wildman–Crippen LogP) is 10.6. The molecule has 13 heteroatoms. The Kier molecular flexibility index (Phi) is 14.8. The second kappa shape index (κ2) is 22.6. The van der Waals surface area contributed by atoms with Crippen molar-refractivity contribution in [2.45, 2.75) is 163 Å². The Labute approximate surface area is 497 Å². The topological polar surface area (TPSA) is 220 Å². The van der Waals surface area contributed by atoms with Gasteiger partial charge in [-0.05, 0) is 206 Å². The molecule has 4 aliphatic heterocycles. The van der Waals surface area contributed by atoms with Gasteiger partial charge in [0.25, 0.3) is 0 Å². The van der Waals surface area contributed by atoms with E-state index >= 15 is 9.59 Å². The smallest absolute Gasteiger partial charge is 0.163 e. The van der Waals surface area contributed by atoms with Gasteiger partial charge in [-0.1, -0.05) is 79.3 Å². The molecule has 2 aromatic heterocycles. The molecule has 440 valence electrons. The number of ether oxygens (including phenoxy) is 1. The molecule has 4 aromatic carbocycles. The molecule has 6 heterocycles. The van der Waals surface area contributed by atoms with Gasteiger partial charge in [0.05, 0.1) is 29.6 Å². The number of hydrogen-bond acceptors (Lipinski definition) is 11. The molecule has 6 aromatic rings. The number of aliphatic hydroxyl groups is 4. The van der Waals surface area contributed by atoms with Gasteiger partial charge < -0.3 is 56.0 Å². The van der Waals surface area contributed by atoms with Crippen molar-refractivity contribution >= 4 is 29.5 Å². The Morgan fingerprint density at radius 2 is 1.58 bits per heavy atom. The summed E-state index contributed by atoms with van der Waals surface area (Å²) in [6, 6.07) is 24.8. The molecular weight excluding hydrogens is 1060 g/mol. The summed E-state index contributed by atoms with van der Waals surface area (Å²) in [5.74, 6) is 4.31. The monoisotopic (exact) mass is 1140 g/mol. The molecule has 1 saturated heterocycles. The average Bonchev–Trinajstić information content (AvgIpc) is 2.20. The Bertz CT molecular complexity index is 3690. The number of H-pyrrole nitrogens is 2. The molecule has 3 fully saturated rings. The van der Waals surface area contributed by atoms with Crippen LogP contribution in [-0.4, -0.2) is 95.2 Å². The predicted molar refractivity (Wildman–Crippen MR) is 327 cm³/mol. The van der Waals surface area contributed by atoms with Crippen molar-refractivity contribution in [1.82, 2.24) is 15.3 Å². The number of hydrogen-bond donors (Lipinski definition) is 10. The lowest BCUT2D eigenvalue weighted by Crippen LogP contribution is -2.52. The maximum atomic E-state index is 16.5. The van der Waals surface area contributed by atoms with Gasteiger partial charge in [0.15, 0.2) is 17.3 Å². The fourth-order valence-corrected chi connectivity index (χ4v) is 16.6.